The van der Waals surface area contributed by atoms with E-state index in [1.165, 1.54) is 0 Å². The predicted molar refractivity (Wildman–Crippen MR) is 93.2 cm³/mol. The van der Waals surface area contributed by atoms with Crippen molar-refractivity contribution in [2.75, 3.05) is 13.2 Å². The van der Waals surface area contributed by atoms with Gasteiger partial charge in [0.25, 0.3) is 0 Å². The number of benzene rings is 1. The van der Waals surface area contributed by atoms with E-state index in [1.807, 2.05) is 6.07 Å². The highest BCUT2D eigenvalue weighted by Gasteiger charge is 2.24. The summed E-state index contributed by atoms with van der Waals surface area (Å²) < 4.78 is 10.4. The Morgan fingerprint density at radius 3 is 2.48 bits per heavy atom. The number of para-hydroxylation sites is 1. The molecule has 0 aliphatic carbocycles. The second-order valence-corrected chi connectivity index (χ2v) is 5.63. The van der Waals surface area contributed by atoms with Gasteiger partial charge in [0.15, 0.2) is 5.78 Å². The second-order valence-electron chi connectivity index (χ2n) is 5.63. The Labute approximate surface area is 147 Å². The van der Waals surface area contributed by atoms with Gasteiger partial charge in [0, 0.05) is 0 Å². The van der Waals surface area contributed by atoms with Crippen LogP contribution in [0.3, 0.4) is 0 Å². The summed E-state index contributed by atoms with van der Waals surface area (Å²) in [5.74, 6) is -0.626. The lowest BCUT2D eigenvalue weighted by molar-refractivity contribution is -0.126. The summed E-state index contributed by atoms with van der Waals surface area (Å²) in [4.78, 5) is 35.1. The van der Waals surface area contributed by atoms with Crippen LogP contribution < -0.4 is 15.8 Å². The first kappa shape index (κ1) is 20.5. The van der Waals surface area contributed by atoms with Crippen molar-refractivity contribution in [1.82, 2.24) is 5.32 Å². The van der Waals surface area contributed by atoms with Crippen molar-refractivity contribution < 1.29 is 23.9 Å². The number of unbranched alkanes of at least 4 members (excludes halogenated alkanes) is 3. The number of primary amides is 1. The molecule has 0 spiro atoms. The molecular formula is C18H26N2O5. The maximum absolute atomic E-state index is 12.2. The average Bonchev–Trinajstić information content (AvgIpc) is 2.59. The first-order valence-electron chi connectivity index (χ1n) is 8.45. The zero-order valence-electron chi connectivity index (χ0n) is 14.5. The van der Waals surface area contributed by atoms with E-state index < -0.39 is 23.8 Å². The van der Waals surface area contributed by atoms with Gasteiger partial charge in [-0.05, 0) is 18.6 Å². The van der Waals surface area contributed by atoms with Crippen LogP contribution in [0.4, 0.5) is 4.79 Å². The van der Waals surface area contributed by atoms with Crippen LogP contribution in [-0.4, -0.2) is 37.0 Å². The number of nitrogens with two attached hydrogens (primary N) is 1. The summed E-state index contributed by atoms with van der Waals surface area (Å²) in [6.45, 7) is 2.08. The van der Waals surface area contributed by atoms with Gasteiger partial charge < -0.3 is 20.5 Å². The lowest BCUT2D eigenvalue weighted by Crippen LogP contribution is -2.45. The van der Waals surface area contributed by atoms with Crippen molar-refractivity contribution in [2.24, 2.45) is 5.73 Å². The molecule has 0 fully saturated rings. The third-order valence-electron chi connectivity index (χ3n) is 3.44. The van der Waals surface area contributed by atoms with Gasteiger partial charge in [-0.2, -0.15) is 0 Å². The van der Waals surface area contributed by atoms with Crippen molar-refractivity contribution in [2.45, 2.75) is 45.1 Å². The van der Waals surface area contributed by atoms with Gasteiger partial charge in [-0.1, -0.05) is 44.4 Å². The molecule has 0 saturated heterocycles. The number of Topliss-reactive ketones (excluding diaryl/α,β-unsaturated/α-hetero) is 1. The molecule has 0 heterocycles. The monoisotopic (exact) mass is 350 g/mol. The third-order valence-corrected chi connectivity index (χ3v) is 3.44. The van der Waals surface area contributed by atoms with Gasteiger partial charge in [-0.3, -0.25) is 9.59 Å². The summed E-state index contributed by atoms with van der Waals surface area (Å²) in [6, 6.07) is 7.71. The zero-order valence-corrected chi connectivity index (χ0v) is 14.5. The molecule has 0 saturated carbocycles. The topological polar surface area (TPSA) is 108 Å². The highest BCUT2D eigenvalue weighted by molar-refractivity contribution is 5.92. The minimum atomic E-state index is -1.07. The smallest absolute Gasteiger partial charge is 0.407 e. The molecule has 0 aliphatic rings. The predicted octanol–water partition coefficient (Wildman–Crippen LogP) is 2.18. The van der Waals surface area contributed by atoms with E-state index in [2.05, 4.69) is 12.2 Å². The molecule has 3 N–H and O–H groups in total. The molecule has 2 amide bonds. The van der Waals surface area contributed by atoms with E-state index in [0.717, 1.165) is 25.7 Å². The number of hydrogen-bond donors (Lipinski definition) is 2. The van der Waals surface area contributed by atoms with Crippen LogP contribution in [0.2, 0.25) is 0 Å². The zero-order chi connectivity index (χ0) is 18.5. The normalized spacial score (nSPS) is 11.4. The van der Waals surface area contributed by atoms with Crippen molar-refractivity contribution >= 4 is 17.8 Å². The van der Waals surface area contributed by atoms with Crippen LogP contribution >= 0.6 is 0 Å². The Bertz CT molecular complexity index is 548. The average molecular weight is 350 g/mol. The molecule has 138 valence electrons. The summed E-state index contributed by atoms with van der Waals surface area (Å²) in [6.07, 6.45) is 2.84. The summed E-state index contributed by atoms with van der Waals surface area (Å²) in [7, 11) is 0. The van der Waals surface area contributed by atoms with Crippen molar-refractivity contribution in [3.8, 4) is 5.75 Å². The summed E-state index contributed by atoms with van der Waals surface area (Å²) in [5, 5.41) is 2.38. The Morgan fingerprint density at radius 2 is 1.84 bits per heavy atom. The van der Waals surface area contributed by atoms with Crippen LogP contribution in [0.5, 0.6) is 5.75 Å². The Balaban J connectivity index is 2.44. The SMILES string of the molecule is CCCCCCOC(=O)N[C@H](CC(N)=O)C(=O)COc1ccccc1. The number of carbonyl (C=O) groups is 3. The maximum Gasteiger partial charge on any atom is 0.407 e. The molecule has 0 radical (unpaired) electrons. The van der Waals surface area contributed by atoms with Crippen LogP contribution in [0.1, 0.15) is 39.0 Å². The molecular weight excluding hydrogens is 324 g/mol. The number of hydrogen-bond acceptors (Lipinski definition) is 5. The summed E-state index contributed by atoms with van der Waals surface area (Å²) in [5.41, 5.74) is 5.15. The van der Waals surface area contributed by atoms with E-state index in [4.69, 9.17) is 15.2 Å². The number of carbonyl (C=O) groups excluding carboxylic acids is 3. The first-order valence-corrected chi connectivity index (χ1v) is 8.45. The molecule has 1 aromatic rings. The van der Waals surface area contributed by atoms with Crippen LogP contribution in [-0.2, 0) is 14.3 Å². The molecule has 1 atom stereocenters. The maximum atomic E-state index is 12.2. The highest BCUT2D eigenvalue weighted by Crippen LogP contribution is 2.08. The van der Waals surface area contributed by atoms with Gasteiger partial charge in [-0.15, -0.1) is 0 Å². The lowest BCUT2D eigenvalue weighted by atomic mass is 10.1. The van der Waals surface area contributed by atoms with Gasteiger partial charge >= 0.3 is 6.09 Å². The molecule has 1 rings (SSSR count). The third kappa shape index (κ3) is 9.34. The fourth-order valence-electron chi connectivity index (χ4n) is 2.10. The fraction of sp³-hybridized carbons (Fsp3) is 0.500. The second kappa shape index (κ2) is 11.9. The van der Waals surface area contributed by atoms with E-state index in [-0.39, 0.29) is 19.6 Å². The first-order chi connectivity index (χ1) is 12.0. The van der Waals surface area contributed by atoms with Gasteiger partial charge in [-0.25, -0.2) is 4.79 Å². The number of alkyl carbamates (subject to hydrolysis) is 1. The van der Waals surface area contributed by atoms with Crippen molar-refractivity contribution in [3.63, 3.8) is 0 Å². The summed E-state index contributed by atoms with van der Waals surface area (Å²) >= 11 is 0. The Kier molecular flexibility index (Phi) is 9.74. The number of amides is 2. The van der Waals surface area contributed by atoms with Crippen molar-refractivity contribution in [3.05, 3.63) is 30.3 Å². The number of nitrogens with one attached hydrogen (secondary N) is 1. The fourth-order valence-corrected chi connectivity index (χ4v) is 2.10. The van der Waals surface area contributed by atoms with E-state index >= 15 is 0 Å². The van der Waals surface area contributed by atoms with E-state index in [1.54, 1.807) is 24.3 Å². The Hall–Kier alpha value is -2.57. The molecule has 0 unspecified atom stereocenters. The molecule has 0 aromatic heterocycles. The molecule has 25 heavy (non-hydrogen) atoms. The minimum absolute atomic E-state index is 0.268. The number of rotatable bonds is 12. The van der Waals surface area contributed by atoms with Gasteiger partial charge in [0.2, 0.25) is 5.91 Å². The van der Waals surface area contributed by atoms with Crippen LogP contribution in [0, 0.1) is 0 Å². The quantitative estimate of drug-likeness (QED) is 0.562. The number of ketones is 1. The van der Waals surface area contributed by atoms with Gasteiger partial charge in [0.05, 0.1) is 13.0 Å². The Morgan fingerprint density at radius 1 is 1.12 bits per heavy atom. The molecule has 0 bridgehead atoms. The molecule has 1 aromatic carbocycles. The molecule has 0 aliphatic heterocycles. The lowest BCUT2D eigenvalue weighted by Gasteiger charge is -2.16. The van der Waals surface area contributed by atoms with Crippen molar-refractivity contribution in [1.29, 1.82) is 0 Å². The van der Waals surface area contributed by atoms with Crippen LogP contribution in [0.25, 0.3) is 0 Å². The van der Waals surface area contributed by atoms with E-state index in [0.29, 0.717) is 5.75 Å². The molecule has 7 nitrogen and oxygen atoms in total. The van der Waals surface area contributed by atoms with Gasteiger partial charge in [0.1, 0.15) is 18.4 Å². The minimum Gasteiger partial charge on any atom is -0.486 e. The highest BCUT2D eigenvalue weighted by atomic mass is 16.5. The van der Waals surface area contributed by atoms with Crippen LogP contribution in [0.15, 0.2) is 30.3 Å². The number of ether oxygens (including phenoxy) is 2. The molecule has 7 heteroatoms. The standard InChI is InChI=1S/C18H26N2O5/c1-2-3-4-8-11-24-18(23)20-15(12-17(19)22)16(21)13-25-14-9-6-5-7-10-14/h5-7,9-10,15H,2-4,8,11-13H2,1H3,(H2,19,22)(H,20,23)/t15-/m1/s1. The largest absolute Gasteiger partial charge is 0.486 e. The van der Waals surface area contributed by atoms with E-state index in [9.17, 15) is 14.4 Å².